The van der Waals surface area contributed by atoms with Crippen molar-refractivity contribution >= 4 is 21.7 Å². The summed E-state index contributed by atoms with van der Waals surface area (Å²) in [5.41, 5.74) is -0.901. The summed E-state index contributed by atoms with van der Waals surface area (Å²) < 4.78 is 151. The average Bonchev–Trinajstić information content (AvgIpc) is 3.16. The SMILES string of the molecule is C[C@H](CS(C)(=O)=O)NC(=O)c1cnc(Oc2ccc(F)cc2F)nc1Oc1ccc(F)cc1F.O=C(O)c1cnc(Oc2ccc(F)cc2F)nc1Oc1ccc(F)cc1F. The van der Waals surface area contributed by atoms with Gasteiger partial charge in [0.1, 0.15) is 44.2 Å². The second-order valence-electron chi connectivity index (χ2n) is 12.2. The smallest absolute Gasteiger partial charge is 0.342 e. The van der Waals surface area contributed by atoms with Crippen LogP contribution in [0, 0.1) is 46.5 Å². The minimum Gasteiger partial charge on any atom is -0.477 e. The number of halogens is 8. The lowest BCUT2D eigenvalue weighted by Gasteiger charge is -2.15. The molecule has 14 nitrogen and oxygen atoms in total. The first kappa shape index (κ1) is 44.7. The monoisotopic (exact) mass is 879 g/mol. The lowest BCUT2D eigenvalue weighted by molar-refractivity contribution is 0.0692. The van der Waals surface area contributed by atoms with Crippen molar-refractivity contribution in [1.29, 1.82) is 0 Å². The zero-order valence-corrected chi connectivity index (χ0v) is 31.6. The average molecular weight is 880 g/mol. The number of sulfone groups is 1. The summed E-state index contributed by atoms with van der Waals surface area (Å²) in [6.07, 6.45) is 2.71. The third-order valence-corrected chi connectivity index (χ3v) is 8.37. The van der Waals surface area contributed by atoms with Crippen molar-refractivity contribution in [3.63, 3.8) is 0 Å². The molecule has 0 bridgehead atoms. The molecule has 0 fully saturated rings. The van der Waals surface area contributed by atoms with Crippen LogP contribution in [0.25, 0.3) is 0 Å². The van der Waals surface area contributed by atoms with E-state index in [0.29, 0.717) is 24.3 Å². The van der Waals surface area contributed by atoms with Crippen molar-refractivity contribution in [3.05, 3.63) is 143 Å². The highest BCUT2D eigenvalue weighted by molar-refractivity contribution is 7.90. The number of carboxylic acids is 1. The van der Waals surface area contributed by atoms with Crippen molar-refractivity contribution < 1.29 is 77.2 Å². The van der Waals surface area contributed by atoms with Gasteiger partial charge in [-0.25, -0.2) is 58.3 Å². The molecule has 2 aromatic heterocycles. The molecule has 6 aromatic rings. The first-order valence-electron chi connectivity index (χ1n) is 16.7. The van der Waals surface area contributed by atoms with E-state index in [1.165, 1.54) is 6.92 Å². The number of amides is 1. The van der Waals surface area contributed by atoms with Crippen LogP contribution < -0.4 is 24.3 Å². The molecule has 23 heteroatoms. The largest absolute Gasteiger partial charge is 0.477 e. The zero-order valence-electron chi connectivity index (χ0n) is 30.8. The Morgan fingerprint density at radius 1 is 0.607 bits per heavy atom. The quantitative estimate of drug-likeness (QED) is 0.106. The molecule has 4 aromatic carbocycles. The Bertz CT molecular complexity index is 2730. The maximum absolute atomic E-state index is 14.1. The number of nitrogens with one attached hydrogen (secondary N) is 1. The third kappa shape index (κ3) is 12.5. The van der Waals surface area contributed by atoms with E-state index in [4.69, 9.17) is 24.1 Å². The normalized spacial score (nSPS) is 11.4. The first-order valence-corrected chi connectivity index (χ1v) is 18.8. The molecule has 1 atom stereocenters. The predicted molar refractivity (Wildman–Crippen MR) is 193 cm³/mol. The third-order valence-electron chi connectivity index (χ3n) is 7.26. The molecule has 0 radical (unpaired) electrons. The number of nitrogens with zero attached hydrogens (tertiary/aromatic N) is 4. The molecule has 0 aliphatic heterocycles. The van der Waals surface area contributed by atoms with Gasteiger partial charge in [-0.2, -0.15) is 9.97 Å². The minimum absolute atomic E-state index is 0.351. The number of hydrogen-bond acceptors (Lipinski definition) is 12. The molecule has 0 unspecified atom stereocenters. The van der Waals surface area contributed by atoms with E-state index in [1.54, 1.807) is 0 Å². The molecule has 0 aliphatic carbocycles. The fraction of sp³-hybridized carbons (Fsp3) is 0.105. The number of rotatable bonds is 13. The fourth-order valence-corrected chi connectivity index (χ4v) is 5.68. The van der Waals surface area contributed by atoms with E-state index < -0.39 is 127 Å². The Morgan fingerprint density at radius 3 is 1.30 bits per heavy atom. The van der Waals surface area contributed by atoms with Gasteiger partial charge in [0.25, 0.3) is 5.91 Å². The number of carbonyl (C=O) groups is 2. The van der Waals surface area contributed by atoms with Crippen molar-refractivity contribution in [2.45, 2.75) is 13.0 Å². The Morgan fingerprint density at radius 2 is 0.951 bits per heavy atom. The summed E-state index contributed by atoms with van der Waals surface area (Å²) in [6.45, 7) is 1.44. The Labute approximate surface area is 338 Å². The summed E-state index contributed by atoms with van der Waals surface area (Å²) in [5.74, 6) is -13.5. The van der Waals surface area contributed by atoms with Crippen LogP contribution in [-0.4, -0.2) is 63.4 Å². The molecular weight excluding hydrogens is 854 g/mol. The lowest BCUT2D eigenvalue weighted by Crippen LogP contribution is -2.37. The number of ether oxygens (including phenoxy) is 4. The van der Waals surface area contributed by atoms with E-state index in [2.05, 4.69) is 25.3 Å². The standard InChI is InChI=1S/C21H17F4N3O5S.C17H8F4N2O4/c1-11(10-34(2,30)31)27-19(29)14-9-26-21(33-18-6-4-13(23)8-16(18)25)28-20(14)32-17-5-3-12(22)7-15(17)24;18-8-1-3-13(11(20)5-8)26-15-10(16(24)25)7-22-17(23-15)27-14-4-2-9(19)6-12(14)21/h3-9,11H,10H2,1-2H3,(H,27,29);1-7H,(H,24,25)/t11-;/m1./s1. The van der Waals surface area contributed by atoms with Crippen molar-refractivity contribution in [3.8, 4) is 46.8 Å². The van der Waals surface area contributed by atoms with Crippen LogP contribution in [-0.2, 0) is 9.84 Å². The van der Waals surface area contributed by atoms with E-state index in [9.17, 15) is 53.1 Å². The van der Waals surface area contributed by atoms with Gasteiger partial charge in [0.2, 0.25) is 11.8 Å². The number of aromatic nitrogens is 4. The Balaban J connectivity index is 0.000000237. The van der Waals surface area contributed by atoms with Crippen LogP contribution in [0.3, 0.4) is 0 Å². The van der Waals surface area contributed by atoms with Gasteiger partial charge >= 0.3 is 18.0 Å². The van der Waals surface area contributed by atoms with Crippen molar-refractivity contribution in [2.24, 2.45) is 0 Å². The van der Waals surface area contributed by atoms with Crippen LogP contribution >= 0.6 is 0 Å². The Kier molecular flexibility index (Phi) is 14.0. The number of aromatic carboxylic acids is 1. The van der Waals surface area contributed by atoms with Gasteiger partial charge in [-0.05, 0) is 55.5 Å². The number of hydrogen-bond donors (Lipinski definition) is 2. The van der Waals surface area contributed by atoms with E-state index in [-0.39, 0.29) is 11.3 Å². The maximum atomic E-state index is 14.1. The van der Waals surface area contributed by atoms with Gasteiger partial charge in [0, 0.05) is 36.6 Å². The molecule has 0 saturated heterocycles. The van der Waals surface area contributed by atoms with Gasteiger partial charge in [-0.1, -0.05) is 0 Å². The molecule has 2 N–H and O–H groups in total. The highest BCUT2D eigenvalue weighted by Crippen LogP contribution is 2.31. The van der Waals surface area contributed by atoms with Gasteiger partial charge in [0.15, 0.2) is 46.3 Å². The molecule has 0 saturated carbocycles. The topological polar surface area (TPSA) is 189 Å². The van der Waals surface area contributed by atoms with Crippen LogP contribution in [0.2, 0.25) is 0 Å². The Hall–Kier alpha value is -7.43. The molecule has 61 heavy (non-hydrogen) atoms. The predicted octanol–water partition coefficient (Wildman–Crippen LogP) is 8.10. The van der Waals surface area contributed by atoms with E-state index in [0.717, 1.165) is 67.2 Å². The fourth-order valence-electron chi connectivity index (χ4n) is 4.69. The van der Waals surface area contributed by atoms with Crippen LogP contribution in [0.15, 0.2) is 85.2 Å². The highest BCUT2D eigenvalue weighted by Gasteiger charge is 2.23. The number of benzene rings is 4. The van der Waals surface area contributed by atoms with Crippen LogP contribution in [0.4, 0.5) is 35.1 Å². The van der Waals surface area contributed by atoms with Gasteiger partial charge in [-0.15, -0.1) is 0 Å². The number of carboxylic acid groups (broad SMARTS) is 1. The summed E-state index contributed by atoms with van der Waals surface area (Å²) in [5, 5.41) is 11.6. The van der Waals surface area contributed by atoms with Gasteiger partial charge in [-0.3, -0.25) is 4.79 Å². The number of carbonyl (C=O) groups excluding carboxylic acids is 1. The van der Waals surface area contributed by atoms with Crippen LogP contribution in [0.5, 0.6) is 46.8 Å². The van der Waals surface area contributed by atoms with Crippen molar-refractivity contribution in [2.75, 3.05) is 12.0 Å². The lowest BCUT2D eigenvalue weighted by atomic mass is 10.2. The molecule has 318 valence electrons. The van der Waals surface area contributed by atoms with Crippen molar-refractivity contribution in [1.82, 2.24) is 25.3 Å². The molecular formula is C38H25F8N5O9S. The van der Waals surface area contributed by atoms with Gasteiger partial charge < -0.3 is 29.4 Å². The van der Waals surface area contributed by atoms with E-state index in [1.807, 2.05) is 0 Å². The molecule has 1 amide bonds. The second-order valence-corrected chi connectivity index (χ2v) is 14.4. The second kappa shape index (κ2) is 19.1. The summed E-state index contributed by atoms with van der Waals surface area (Å²) in [7, 11) is -3.41. The molecule has 0 spiro atoms. The van der Waals surface area contributed by atoms with Gasteiger partial charge in [0.05, 0.1) is 18.1 Å². The molecule has 6 rings (SSSR count). The zero-order chi connectivity index (χ0) is 44.6. The van der Waals surface area contributed by atoms with E-state index >= 15 is 0 Å². The maximum Gasteiger partial charge on any atom is 0.342 e. The first-order chi connectivity index (χ1) is 28.7. The van der Waals surface area contributed by atoms with Crippen LogP contribution in [0.1, 0.15) is 27.6 Å². The molecule has 0 aliphatic rings. The summed E-state index contributed by atoms with van der Waals surface area (Å²) in [6, 6.07) is 7.76. The highest BCUT2D eigenvalue weighted by atomic mass is 32.2. The summed E-state index contributed by atoms with van der Waals surface area (Å²) >= 11 is 0. The minimum atomic E-state index is -3.41. The molecule has 2 heterocycles. The summed E-state index contributed by atoms with van der Waals surface area (Å²) in [4.78, 5) is 38.8.